The predicted molar refractivity (Wildman–Crippen MR) is 95.4 cm³/mol. The maximum atomic E-state index is 4.40. The Hall–Kier alpha value is 0.124. The molecule has 0 aromatic rings. The Bertz CT molecular complexity index is 236. The molecule has 118 valence electrons. The van der Waals surface area contributed by atoms with Gasteiger partial charge in [0.15, 0.2) is 0 Å². The summed E-state index contributed by atoms with van der Waals surface area (Å²) in [6, 6.07) is 0.573. The first-order chi connectivity index (χ1) is 10.9. The molecule has 0 heterocycles. The fourth-order valence-electron chi connectivity index (χ4n) is 2.19. The van der Waals surface area contributed by atoms with E-state index >= 15 is 0 Å². The summed E-state index contributed by atoms with van der Waals surface area (Å²) in [5, 5.41) is 0. The third-order valence-corrected chi connectivity index (χ3v) is 3.37. The van der Waals surface area contributed by atoms with Crippen LogP contribution in [0.4, 0.5) is 0 Å². The topological polar surface area (TPSA) is 12.4 Å². The molecule has 3 rings (SSSR count). The quantitative estimate of drug-likeness (QED) is 0.293. The van der Waals surface area contributed by atoms with Crippen LogP contribution in [0.2, 0.25) is 0 Å². The molecule has 3 fully saturated rings. The Morgan fingerprint density at radius 3 is 1.57 bits per heavy atom. The number of rotatable bonds is 4. The molecule has 0 aromatic carbocycles. The summed E-state index contributed by atoms with van der Waals surface area (Å²) in [6.07, 6.45) is 34.3. The number of aliphatic imine (C=N–C) groups is 1. The van der Waals surface area contributed by atoms with Gasteiger partial charge in [-0.25, -0.2) is 6.42 Å². The molecule has 1 nitrogen and oxygen atoms in total. The van der Waals surface area contributed by atoms with Gasteiger partial charge in [0.25, 0.3) is 0 Å². The van der Waals surface area contributed by atoms with E-state index in [9.17, 15) is 0 Å². The standard InChI is InChI=1S/C11H17N.2C5H5.Ti/c1-2-3-7-10-12-11-8-5-4-6-9-11;2*1-2-4-5-3-1;/h11H,1,3-9H2;2*1-5H;/q-2;;;+4. The molecular formula is C21H27NTi+2. The van der Waals surface area contributed by atoms with Gasteiger partial charge in [0.2, 0.25) is 0 Å². The SMILES string of the molecule is C=[C-]CC[C-]=NC1CCCCC1.[CH]1[CH][CH][CH][CH]1.[CH]1[CH][CH][CH][CH]1.[Ti+4]. The van der Waals surface area contributed by atoms with Crippen molar-refractivity contribution >= 4 is 6.21 Å². The van der Waals surface area contributed by atoms with E-state index in [1.165, 1.54) is 32.1 Å². The summed E-state index contributed by atoms with van der Waals surface area (Å²) in [7, 11) is 0. The summed E-state index contributed by atoms with van der Waals surface area (Å²) < 4.78 is 0. The maximum Gasteiger partial charge on any atom is 4.00 e. The summed E-state index contributed by atoms with van der Waals surface area (Å²) in [4.78, 5) is 4.40. The van der Waals surface area contributed by atoms with Crippen LogP contribution in [0.5, 0.6) is 0 Å². The zero-order valence-electron chi connectivity index (χ0n) is 14.0. The largest absolute Gasteiger partial charge is 4.00 e. The number of nitrogens with zero attached hydrogens (tertiary/aromatic N) is 1. The fourth-order valence-corrected chi connectivity index (χ4v) is 2.19. The minimum Gasteiger partial charge on any atom is -0.506 e. The summed E-state index contributed by atoms with van der Waals surface area (Å²) in [5.41, 5.74) is 0. The van der Waals surface area contributed by atoms with Crippen LogP contribution in [0.25, 0.3) is 0 Å². The van der Waals surface area contributed by atoms with Crippen LogP contribution < -0.4 is 0 Å². The number of hydrogen-bond acceptors (Lipinski definition) is 1. The van der Waals surface area contributed by atoms with E-state index in [0.717, 1.165) is 12.8 Å². The van der Waals surface area contributed by atoms with E-state index in [1.807, 2.05) is 64.2 Å². The number of unbranched alkanes of at least 4 members (excludes halogenated alkanes) is 1. The summed E-state index contributed by atoms with van der Waals surface area (Å²) in [6.45, 7) is 3.54. The van der Waals surface area contributed by atoms with E-state index < -0.39 is 0 Å². The van der Waals surface area contributed by atoms with Crippen molar-refractivity contribution in [3.63, 3.8) is 0 Å². The molecule has 0 spiro atoms. The molecule has 3 aliphatic rings. The average molecular weight is 341 g/mol. The van der Waals surface area contributed by atoms with Gasteiger partial charge in [0, 0.05) is 6.04 Å². The molecule has 0 N–H and O–H groups in total. The van der Waals surface area contributed by atoms with E-state index in [1.54, 1.807) is 0 Å². The van der Waals surface area contributed by atoms with Crippen molar-refractivity contribution in [1.29, 1.82) is 0 Å². The van der Waals surface area contributed by atoms with Crippen molar-refractivity contribution in [3.05, 3.63) is 76.9 Å². The molecule has 0 aromatic heterocycles. The molecule has 0 amide bonds. The van der Waals surface area contributed by atoms with Gasteiger partial charge in [-0.2, -0.15) is 6.42 Å². The molecule has 0 atom stereocenters. The van der Waals surface area contributed by atoms with Crippen molar-refractivity contribution in [1.82, 2.24) is 0 Å². The van der Waals surface area contributed by atoms with Gasteiger partial charge < -0.3 is 17.3 Å². The number of allylic oxidation sites excluding steroid dienone is 1. The summed E-state index contributed by atoms with van der Waals surface area (Å²) >= 11 is 0. The second kappa shape index (κ2) is 18.5. The molecule has 0 bridgehead atoms. The third kappa shape index (κ3) is 15.4. The average Bonchev–Trinajstić information content (AvgIpc) is 3.31. The van der Waals surface area contributed by atoms with Crippen LogP contribution >= 0.6 is 0 Å². The van der Waals surface area contributed by atoms with Gasteiger partial charge >= 0.3 is 21.7 Å². The Labute approximate surface area is 160 Å². The van der Waals surface area contributed by atoms with Crippen LogP contribution in [0.15, 0.2) is 11.6 Å². The van der Waals surface area contributed by atoms with E-state index in [0.29, 0.717) is 6.04 Å². The Balaban J connectivity index is 0.000000362. The minimum atomic E-state index is 0. The second-order valence-electron chi connectivity index (χ2n) is 5.25. The van der Waals surface area contributed by atoms with Gasteiger partial charge in [-0.1, -0.05) is 19.3 Å². The van der Waals surface area contributed by atoms with Gasteiger partial charge in [0.05, 0.1) is 0 Å². The molecule has 0 unspecified atom stereocenters. The maximum absolute atomic E-state index is 4.40. The molecule has 10 radical (unpaired) electrons. The van der Waals surface area contributed by atoms with Crippen LogP contribution in [0, 0.1) is 70.3 Å². The normalized spacial score (nSPS) is 20.9. The predicted octanol–water partition coefficient (Wildman–Crippen LogP) is 5.08. The van der Waals surface area contributed by atoms with Crippen LogP contribution in [0.3, 0.4) is 0 Å². The first-order valence-electron chi connectivity index (χ1n) is 8.19. The smallest absolute Gasteiger partial charge is 0.506 e. The van der Waals surface area contributed by atoms with Crippen molar-refractivity contribution in [2.45, 2.75) is 51.0 Å². The van der Waals surface area contributed by atoms with Crippen LogP contribution in [0.1, 0.15) is 44.9 Å². The van der Waals surface area contributed by atoms with Gasteiger partial charge in [-0.3, -0.25) is 6.58 Å². The second-order valence-corrected chi connectivity index (χ2v) is 5.25. The molecular weight excluding hydrogens is 314 g/mol. The molecule has 23 heavy (non-hydrogen) atoms. The van der Waals surface area contributed by atoms with Gasteiger partial charge in [0.1, 0.15) is 0 Å². The molecule has 0 aliphatic heterocycles. The fraction of sp³-hybridized carbons (Fsp3) is 0.381. The van der Waals surface area contributed by atoms with Crippen LogP contribution in [-0.2, 0) is 21.7 Å². The Morgan fingerprint density at radius 1 is 0.739 bits per heavy atom. The van der Waals surface area contributed by atoms with E-state index in [4.69, 9.17) is 0 Å². The number of hydrogen-bond donors (Lipinski definition) is 0. The first-order valence-corrected chi connectivity index (χ1v) is 8.19. The molecule has 3 aliphatic carbocycles. The zero-order chi connectivity index (χ0) is 15.7. The monoisotopic (exact) mass is 341 g/mol. The van der Waals surface area contributed by atoms with E-state index in [2.05, 4.69) is 23.9 Å². The Kier molecular flexibility index (Phi) is 18.6. The van der Waals surface area contributed by atoms with Crippen molar-refractivity contribution < 1.29 is 21.7 Å². The Morgan fingerprint density at radius 2 is 1.17 bits per heavy atom. The molecule has 2 heteroatoms. The van der Waals surface area contributed by atoms with Crippen LogP contribution in [-0.4, -0.2) is 12.3 Å². The van der Waals surface area contributed by atoms with E-state index in [-0.39, 0.29) is 21.7 Å². The minimum absolute atomic E-state index is 0. The molecule has 0 saturated heterocycles. The van der Waals surface area contributed by atoms with Gasteiger partial charge in [-0.15, -0.1) is 0 Å². The van der Waals surface area contributed by atoms with Crippen molar-refractivity contribution in [2.24, 2.45) is 4.99 Å². The zero-order valence-corrected chi connectivity index (χ0v) is 15.5. The third-order valence-electron chi connectivity index (χ3n) is 3.37. The first kappa shape index (κ1) is 23.1. The van der Waals surface area contributed by atoms with Crippen molar-refractivity contribution in [2.75, 3.05) is 0 Å². The summed E-state index contributed by atoms with van der Waals surface area (Å²) in [5.74, 6) is 0. The van der Waals surface area contributed by atoms with Gasteiger partial charge in [-0.05, 0) is 77.0 Å². The van der Waals surface area contributed by atoms with Crippen molar-refractivity contribution in [3.8, 4) is 0 Å². The molecule has 3 saturated carbocycles.